The Bertz CT molecular complexity index is 301. The van der Waals surface area contributed by atoms with Gasteiger partial charge in [0.1, 0.15) is 5.76 Å². The van der Waals surface area contributed by atoms with Gasteiger partial charge in [0.15, 0.2) is 0 Å². The maximum atomic E-state index is 10.4. The van der Waals surface area contributed by atoms with Crippen molar-refractivity contribution in [3.63, 3.8) is 0 Å². The van der Waals surface area contributed by atoms with Gasteiger partial charge in [-0.3, -0.25) is 0 Å². The van der Waals surface area contributed by atoms with E-state index in [0.29, 0.717) is 11.8 Å². The molecule has 0 unspecified atom stereocenters. The van der Waals surface area contributed by atoms with Gasteiger partial charge in [0.05, 0.1) is 11.9 Å². The van der Waals surface area contributed by atoms with Crippen LogP contribution in [0.2, 0.25) is 0 Å². The minimum absolute atomic E-state index is 0.398. The molecule has 1 aromatic rings. The number of hydrogen-bond acceptors (Lipinski definition) is 2. The molecule has 2 rings (SSSR count). The van der Waals surface area contributed by atoms with E-state index in [0.717, 1.165) is 31.4 Å². The molecule has 1 aliphatic rings. The maximum Gasteiger partial charge on any atom is 0.106 e. The first-order chi connectivity index (χ1) is 6.99. The van der Waals surface area contributed by atoms with Crippen molar-refractivity contribution in [2.24, 2.45) is 5.41 Å². The Kier molecular flexibility index (Phi) is 2.63. The van der Waals surface area contributed by atoms with E-state index in [1.807, 2.05) is 12.1 Å². The number of furan rings is 1. The second-order valence-electron chi connectivity index (χ2n) is 5.64. The van der Waals surface area contributed by atoms with Crippen LogP contribution in [0.4, 0.5) is 0 Å². The third kappa shape index (κ3) is 2.63. The van der Waals surface area contributed by atoms with Gasteiger partial charge in [-0.05, 0) is 43.2 Å². The van der Waals surface area contributed by atoms with Crippen LogP contribution in [0.15, 0.2) is 22.8 Å². The minimum Gasteiger partial charge on any atom is -0.469 e. The molecule has 2 nitrogen and oxygen atoms in total. The molecule has 1 aliphatic carbocycles. The molecule has 0 radical (unpaired) electrons. The Labute approximate surface area is 91.3 Å². The monoisotopic (exact) mass is 208 g/mol. The highest BCUT2D eigenvalue weighted by Gasteiger charge is 2.37. The van der Waals surface area contributed by atoms with Crippen LogP contribution in [-0.4, -0.2) is 10.7 Å². The van der Waals surface area contributed by atoms with E-state index in [1.54, 1.807) is 6.26 Å². The summed E-state index contributed by atoms with van der Waals surface area (Å²) in [7, 11) is 0. The van der Waals surface area contributed by atoms with E-state index in [-0.39, 0.29) is 0 Å². The van der Waals surface area contributed by atoms with E-state index in [9.17, 15) is 5.11 Å². The van der Waals surface area contributed by atoms with Crippen LogP contribution in [0, 0.1) is 5.41 Å². The summed E-state index contributed by atoms with van der Waals surface area (Å²) >= 11 is 0. The fraction of sp³-hybridized carbons (Fsp3) is 0.692. The van der Waals surface area contributed by atoms with E-state index in [4.69, 9.17) is 4.42 Å². The minimum atomic E-state index is -0.534. The average Bonchev–Trinajstić information content (AvgIpc) is 2.64. The summed E-state index contributed by atoms with van der Waals surface area (Å²) in [6.45, 7) is 4.55. The molecule has 0 atom stereocenters. The zero-order valence-electron chi connectivity index (χ0n) is 9.62. The first-order valence-electron chi connectivity index (χ1n) is 5.74. The zero-order valence-corrected chi connectivity index (χ0v) is 9.62. The van der Waals surface area contributed by atoms with Crippen molar-refractivity contribution >= 4 is 0 Å². The van der Waals surface area contributed by atoms with Crippen molar-refractivity contribution in [3.05, 3.63) is 24.2 Å². The lowest BCUT2D eigenvalue weighted by Crippen LogP contribution is -2.38. The molecular formula is C13H20O2. The Hall–Kier alpha value is -0.760. The van der Waals surface area contributed by atoms with Crippen LogP contribution in [-0.2, 0) is 6.42 Å². The molecule has 1 saturated carbocycles. The van der Waals surface area contributed by atoms with Crippen molar-refractivity contribution in [1.29, 1.82) is 0 Å². The van der Waals surface area contributed by atoms with Gasteiger partial charge in [0.25, 0.3) is 0 Å². The molecule has 0 amide bonds. The summed E-state index contributed by atoms with van der Waals surface area (Å²) in [5.74, 6) is 0.900. The Morgan fingerprint density at radius 2 is 1.93 bits per heavy atom. The number of rotatable bonds is 2. The van der Waals surface area contributed by atoms with Crippen LogP contribution in [0.1, 0.15) is 45.3 Å². The molecule has 15 heavy (non-hydrogen) atoms. The van der Waals surface area contributed by atoms with E-state index < -0.39 is 5.60 Å². The molecule has 0 aromatic carbocycles. The van der Waals surface area contributed by atoms with Crippen LogP contribution in [0.5, 0.6) is 0 Å². The molecule has 1 fully saturated rings. The molecule has 84 valence electrons. The molecule has 1 aromatic heterocycles. The first-order valence-corrected chi connectivity index (χ1v) is 5.74. The van der Waals surface area contributed by atoms with Crippen LogP contribution in [0.3, 0.4) is 0 Å². The van der Waals surface area contributed by atoms with Crippen molar-refractivity contribution in [2.45, 2.75) is 51.6 Å². The van der Waals surface area contributed by atoms with E-state index in [1.165, 1.54) is 0 Å². The number of hydrogen-bond donors (Lipinski definition) is 1. The highest BCUT2D eigenvalue weighted by Crippen LogP contribution is 2.41. The Morgan fingerprint density at radius 1 is 1.27 bits per heavy atom. The van der Waals surface area contributed by atoms with Gasteiger partial charge in [0, 0.05) is 6.42 Å². The Morgan fingerprint density at radius 3 is 2.47 bits per heavy atom. The fourth-order valence-electron chi connectivity index (χ4n) is 2.31. The highest BCUT2D eigenvalue weighted by molar-refractivity contribution is 5.04. The summed E-state index contributed by atoms with van der Waals surface area (Å²) in [5.41, 5.74) is -0.136. The van der Waals surface area contributed by atoms with Gasteiger partial charge in [0.2, 0.25) is 0 Å². The molecule has 1 N–H and O–H groups in total. The second-order valence-corrected chi connectivity index (χ2v) is 5.64. The molecule has 1 heterocycles. The topological polar surface area (TPSA) is 33.4 Å². The molecule has 0 spiro atoms. The zero-order chi connectivity index (χ0) is 10.9. The van der Waals surface area contributed by atoms with Crippen LogP contribution < -0.4 is 0 Å². The standard InChI is InChI=1S/C13H20O2/c1-12(2)5-7-13(14,8-6-12)10-11-4-3-9-15-11/h3-4,9,14H,5-8,10H2,1-2H3. The smallest absolute Gasteiger partial charge is 0.106 e. The molecule has 0 saturated heterocycles. The van der Waals surface area contributed by atoms with Gasteiger partial charge in [-0.1, -0.05) is 13.8 Å². The van der Waals surface area contributed by atoms with Crippen molar-refractivity contribution in [3.8, 4) is 0 Å². The summed E-state index contributed by atoms with van der Waals surface area (Å²) in [6.07, 6.45) is 6.32. The predicted octanol–water partition coefficient (Wildman–Crippen LogP) is 3.15. The maximum absolute atomic E-state index is 10.4. The van der Waals surface area contributed by atoms with Crippen LogP contribution in [0.25, 0.3) is 0 Å². The lowest BCUT2D eigenvalue weighted by Gasteiger charge is -2.39. The second kappa shape index (κ2) is 3.67. The van der Waals surface area contributed by atoms with Gasteiger partial charge in [-0.2, -0.15) is 0 Å². The van der Waals surface area contributed by atoms with Crippen molar-refractivity contribution in [1.82, 2.24) is 0 Å². The predicted molar refractivity (Wildman–Crippen MR) is 59.6 cm³/mol. The number of aliphatic hydroxyl groups is 1. The van der Waals surface area contributed by atoms with Gasteiger partial charge in [-0.15, -0.1) is 0 Å². The quantitative estimate of drug-likeness (QED) is 0.810. The third-order valence-corrected chi connectivity index (χ3v) is 3.62. The van der Waals surface area contributed by atoms with Gasteiger partial charge < -0.3 is 9.52 Å². The molecular weight excluding hydrogens is 188 g/mol. The molecule has 0 aliphatic heterocycles. The summed E-state index contributed by atoms with van der Waals surface area (Å²) in [4.78, 5) is 0. The van der Waals surface area contributed by atoms with Crippen molar-refractivity contribution in [2.75, 3.05) is 0 Å². The van der Waals surface area contributed by atoms with E-state index in [2.05, 4.69) is 13.8 Å². The third-order valence-electron chi connectivity index (χ3n) is 3.62. The fourth-order valence-corrected chi connectivity index (χ4v) is 2.31. The highest BCUT2D eigenvalue weighted by atomic mass is 16.3. The Balaban J connectivity index is 1.98. The average molecular weight is 208 g/mol. The molecule has 2 heteroatoms. The van der Waals surface area contributed by atoms with Crippen molar-refractivity contribution < 1.29 is 9.52 Å². The first kappa shape index (κ1) is 10.7. The normalized spacial score (nSPS) is 23.9. The van der Waals surface area contributed by atoms with Gasteiger partial charge >= 0.3 is 0 Å². The SMILES string of the molecule is CC1(C)CCC(O)(Cc2ccco2)CC1. The largest absolute Gasteiger partial charge is 0.469 e. The molecule has 0 bridgehead atoms. The summed E-state index contributed by atoms with van der Waals surface area (Å²) < 4.78 is 5.29. The van der Waals surface area contributed by atoms with Crippen LogP contribution >= 0.6 is 0 Å². The lowest BCUT2D eigenvalue weighted by atomic mass is 9.70. The summed E-state index contributed by atoms with van der Waals surface area (Å²) in [6, 6.07) is 3.82. The van der Waals surface area contributed by atoms with Gasteiger partial charge in [-0.25, -0.2) is 0 Å². The summed E-state index contributed by atoms with van der Waals surface area (Å²) in [5, 5.41) is 10.4. The van der Waals surface area contributed by atoms with E-state index >= 15 is 0 Å². The lowest BCUT2D eigenvalue weighted by molar-refractivity contribution is -0.0284.